The Morgan fingerprint density at radius 1 is 0.505 bits per heavy atom. The maximum absolute atomic E-state index is 14.1. The van der Waals surface area contributed by atoms with E-state index < -0.39 is 79.2 Å². The maximum Gasteiger partial charge on any atom is 0.358 e. The first-order valence-electron chi connectivity index (χ1n) is 30.1. The third kappa shape index (κ3) is 16.5. The molecule has 9 aromatic rings. The second-order valence-corrected chi connectivity index (χ2v) is 31.7. The van der Waals surface area contributed by atoms with Crippen LogP contribution in [-0.4, -0.2) is 108 Å². The average molecular weight is 1410 g/mol. The molecule has 2 fully saturated rings. The Labute approximate surface area is 548 Å². The normalized spacial score (nSPS) is 15.1. The summed E-state index contributed by atoms with van der Waals surface area (Å²) in [4.78, 5) is 47.0. The summed E-state index contributed by atoms with van der Waals surface area (Å²) in [6, 6.07) is 16.0. The van der Waals surface area contributed by atoms with Crippen molar-refractivity contribution in [2.75, 3.05) is 22.5 Å². The van der Waals surface area contributed by atoms with Gasteiger partial charge < -0.3 is 41.0 Å². The van der Waals surface area contributed by atoms with Crippen LogP contribution in [0.5, 0.6) is 11.5 Å². The van der Waals surface area contributed by atoms with Gasteiger partial charge in [-0.2, -0.15) is 25.3 Å². The van der Waals surface area contributed by atoms with Gasteiger partial charge in [-0.25, -0.2) is 60.8 Å². The molecule has 2 aliphatic carbocycles. The number of aromatic hydroxyl groups is 1. The van der Waals surface area contributed by atoms with Crippen molar-refractivity contribution in [1.82, 2.24) is 57.2 Å². The first kappa shape index (κ1) is 69.1. The first-order chi connectivity index (χ1) is 44.9. The zero-order valence-electron chi connectivity index (χ0n) is 52.7. The first-order valence-corrected chi connectivity index (χ1v) is 37.4. The lowest BCUT2D eigenvalue weighted by atomic mass is 9.86. The third-order valence-electron chi connectivity index (χ3n) is 16.1. The van der Waals surface area contributed by atoms with Gasteiger partial charge in [0.2, 0.25) is 5.03 Å². The van der Waals surface area contributed by atoms with Gasteiger partial charge in [0.1, 0.15) is 17.3 Å². The van der Waals surface area contributed by atoms with Crippen molar-refractivity contribution in [2.45, 2.75) is 114 Å². The summed E-state index contributed by atoms with van der Waals surface area (Å²) < 4.78 is 164. The van der Waals surface area contributed by atoms with Crippen molar-refractivity contribution in [3.63, 3.8) is 0 Å². The lowest BCUT2D eigenvalue weighted by molar-refractivity contribution is 0.373. The monoisotopic (exact) mass is 1400 g/mol. The molecule has 0 bridgehead atoms. The van der Waals surface area contributed by atoms with E-state index in [4.69, 9.17) is 13.0 Å². The molecule has 0 aliphatic heterocycles. The molecule has 5 N–H and O–H groups in total. The van der Waals surface area contributed by atoms with E-state index in [2.05, 4.69) is 43.8 Å². The van der Waals surface area contributed by atoms with Crippen LogP contribution in [-0.2, 0) is 85.4 Å². The molecule has 4 unspecified atom stereocenters. The van der Waals surface area contributed by atoms with Crippen molar-refractivity contribution in [3.8, 4) is 11.5 Å². The van der Waals surface area contributed by atoms with Gasteiger partial charge in [0.15, 0.2) is 25.9 Å². The number of hydrogen-bond acceptors (Lipinski definition) is 21. The summed E-state index contributed by atoms with van der Waals surface area (Å²) in [5.41, 5.74) is 0.232. The van der Waals surface area contributed by atoms with Crippen molar-refractivity contribution >= 4 is 61.6 Å². The minimum absolute atomic E-state index is 0.0306. The molecule has 7 heterocycles. The Morgan fingerprint density at radius 2 is 0.863 bits per heavy atom. The number of aromatic nitrogens is 10. The fourth-order valence-electron chi connectivity index (χ4n) is 11.0. The van der Waals surface area contributed by atoms with Gasteiger partial charge in [-0.15, -0.1) is 0 Å². The SMILES string of the molecule is CCC(CCNS(=O)(=O)c1cn(C)cn1)c1cc(O)c(C(c2cccc(NS(=O)(=O)c3cn(C)cn3)c2)C2CC2)c(=O)o1.CCC(CCNS(=O)(=O)c1cn(C)cn1)c1cc(OS(=O)(=O)c2cn(C)cn2)c(C(c2cccc(NS(=O)(=O)c3cn(C)cn3)c2)C2CC2)c(=O)o1. The molecule has 7 aromatic heterocycles. The number of sulfonamides is 4. The number of rotatable bonds is 29. The molecule has 35 heteroatoms. The zero-order chi connectivity index (χ0) is 68.4. The second-order valence-electron chi connectivity index (χ2n) is 23.5. The number of nitrogens with one attached hydrogen (secondary N) is 4. The van der Waals surface area contributed by atoms with Crippen LogP contribution in [0.1, 0.15) is 123 Å². The number of anilines is 2. The van der Waals surface area contributed by atoms with Gasteiger partial charge in [-0.05, 0) is 98.6 Å². The van der Waals surface area contributed by atoms with Gasteiger partial charge in [-0.3, -0.25) is 9.44 Å². The van der Waals surface area contributed by atoms with E-state index in [1.54, 1.807) is 83.8 Å². The van der Waals surface area contributed by atoms with E-state index in [-0.39, 0.29) is 102 Å². The molecule has 11 rings (SSSR count). The van der Waals surface area contributed by atoms with E-state index in [1.807, 2.05) is 13.8 Å². The zero-order valence-corrected chi connectivity index (χ0v) is 56.7. The van der Waals surface area contributed by atoms with Crippen LogP contribution in [0, 0.1) is 11.8 Å². The summed E-state index contributed by atoms with van der Waals surface area (Å²) in [7, 11) is -12.0. The number of nitrogens with zero attached hydrogens (tertiary/aromatic N) is 10. The Hall–Kier alpha value is -8.74. The Bertz CT molecular complexity index is 4990. The summed E-state index contributed by atoms with van der Waals surface area (Å²) in [5, 5.41) is 10.2. The summed E-state index contributed by atoms with van der Waals surface area (Å²) in [6.45, 7) is 3.75. The summed E-state index contributed by atoms with van der Waals surface area (Å²) in [6.07, 6.45) is 18.1. The van der Waals surface area contributed by atoms with Gasteiger partial charge in [0.25, 0.3) is 40.1 Å². The van der Waals surface area contributed by atoms with Gasteiger partial charge >= 0.3 is 21.4 Å². The van der Waals surface area contributed by atoms with Crippen LogP contribution in [0.4, 0.5) is 11.4 Å². The predicted octanol–water partition coefficient (Wildman–Crippen LogP) is 5.83. The molecule has 95 heavy (non-hydrogen) atoms. The van der Waals surface area contributed by atoms with Gasteiger partial charge in [-0.1, -0.05) is 38.1 Å². The summed E-state index contributed by atoms with van der Waals surface area (Å²) >= 11 is 0. The lowest BCUT2D eigenvalue weighted by Crippen LogP contribution is -2.26. The lowest BCUT2D eigenvalue weighted by Gasteiger charge is -2.22. The van der Waals surface area contributed by atoms with E-state index in [0.29, 0.717) is 48.9 Å². The van der Waals surface area contributed by atoms with Crippen LogP contribution in [0.15, 0.2) is 167 Å². The van der Waals surface area contributed by atoms with Crippen molar-refractivity contribution in [3.05, 3.63) is 178 Å². The smallest absolute Gasteiger partial charge is 0.358 e. The molecule has 0 saturated heterocycles. The summed E-state index contributed by atoms with van der Waals surface area (Å²) in [5.74, 6) is -2.23. The quantitative estimate of drug-likeness (QED) is 0.0344. The number of hydrogen-bond donors (Lipinski definition) is 5. The van der Waals surface area contributed by atoms with Gasteiger partial charge in [0, 0.05) is 126 Å². The molecular weight excluding hydrogens is 1330 g/mol. The predicted molar refractivity (Wildman–Crippen MR) is 345 cm³/mol. The van der Waals surface area contributed by atoms with Crippen LogP contribution in [0.25, 0.3) is 0 Å². The van der Waals surface area contributed by atoms with Crippen molar-refractivity contribution < 1.29 is 60.2 Å². The molecule has 4 atom stereocenters. The highest BCUT2D eigenvalue weighted by atomic mass is 32.2. The fourth-order valence-corrected chi connectivity index (χ4v) is 16.1. The highest BCUT2D eigenvalue weighted by Gasteiger charge is 2.41. The van der Waals surface area contributed by atoms with Crippen LogP contribution in [0.3, 0.4) is 0 Å². The molecule has 0 amide bonds. The van der Waals surface area contributed by atoms with Crippen molar-refractivity contribution in [2.24, 2.45) is 47.1 Å². The highest BCUT2D eigenvalue weighted by molar-refractivity contribution is 7.93. The standard InChI is InChI=1S/C32H38N8O9S3.C28H34N6O7S2/c1-5-21(11-12-36-50(42,43)27-15-38(2)18-33-27)25-14-26(49-52(46,47)29-17-40(4)20-35-29)31(32(41)48-25)30(22-9-10-22)23-7-6-8-24(13-23)37-51(44,45)28-16-39(3)19-34-28;1-4-18(10-11-31-42(37,38)24-14-33(2)16-29-24)23-13-22(35)27(28(36)41-23)26(19-8-9-19)20-6-5-7-21(12-20)32-43(39,40)25-15-34(3)17-30-25/h6-8,13-22,30,36-37H,5,9-12H2,1-4H3;5-7,12-19,26,31-32,35H,4,8-11H2,1-3H3. The largest absolute Gasteiger partial charge is 0.507 e. The number of aryl methyl sites for hydroxylation is 5. The van der Waals surface area contributed by atoms with E-state index in [9.17, 15) is 56.8 Å². The van der Waals surface area contributed by atoms with Gasteiger partial charge in [0.05, 0.1) is 42.8 Å². The van der Waals surface area contributed by atoms with Crippen molar-refractivity contribution in [1.29, 1.82) is 0 Å². The molecular formula is C60H72N14O16S5. The second kappa shape index (κ2) is 27.9. The topological polar surface area (TPSA) is 398 Å². The maximum atomic E-state index is 14.1. The molecule has 2 saturated carbocycles. The van der Waals surface area contributed by atoms with Crippen LogP contribution >= 0.6 is 0 Å². The number of imidazole rings is 5. The van der Waals surface area contributed by atoms with Crippen LogP contribution < -0.4 is 34.3 Å². The van der Waals surface area contributed by atoms with E-state index in [1.165, 1.54) is 97.6 Å². The molecule has 2 aliphatic rings. The minimum atomic E-state index is -4.54. The molecule has 0 spiro atoms. The minimum Gasteiger partial charge on any atom is -0.507 e. The highest BCUT2D eigenvalue weighted by Crippen LogP contribution is 2.50. The van der Waals surface area contributed by atoms with E-state index >= 15 is 0 Å². The molecule has 508 valence electrons. The molecule has 2 aromatic carbocycles. The Kier molecular flexibility index (Phi) is 20.3. The molecule has 30 nitrogen and oxygen atoms in total. The molecule has 0 radical (unpaired) electrons. The third-order valence-corrected chi connectivity index (χ3v) is 22.4. The Morgan fingerprint density at radius 3 is 1.22 bits per heavy atom. The number of benzene rings is 2. The van der Waals surface area contributed by atoms with E-state index in [0.717, 1.165) is 12.8 Å². The Balaban J connectivity index is 0.000000211. The van der Waals surface area contributed by atoms with Crippen LogP contribution in [0.2, 0.25) is 0 Å². The average Bonchev–Trinajstić information content (AvgIpc) is 1.66. The fraction of sp³-hybridized carbons (Fsp3) is 0.383.